The van der Waals surface area contributed by atoms with Crippen molar-refractivity contribution in [3.8, 4) is 0 Å². The Morgan fingerprint density at radius 2 is 1.91 bits per heavy atom. The van der Waals surface area contributed by atoms with Crippen LogP contribution in [0.15, 0.2) is 72.3 Å². The summed E-state index contributed by atoms with van der Waals surface area (Å²) in [5.41, 5.74) is 1.77. The summed E-state index contributed by atoms with van der Waals surface area (Å²) in [5.74, 6) is -2.07. The maximum Gasteiger partial charge on any atom is 0.296 e. The highest BCUT2D eigenvalue weighted by atomic mass is 32.1. The van der Waals surface area contributed by atoms with Crippen molar-refractivity contribution in [2.45, 2.75) is 19.9 Å². The van der Waals surface area contributed by atoms with E-state index in [4.69, 9.17) is 0 Å². The fourth-order valence-corrected chi connectivity index (χ4v) is 4.53. The zero-order valence-corrected chi connectivity index (χ0v) is 18.2. The zero-order chi connectivity index (χ0) is 22.8. The first-order valence-electron chi connectivity index (χ1n) is 9.81. The van der Waals surface area contributed by atoms with Crippen LogP contribution in [0.5, 0.6) is 0 Å². The average molecular weight is 446 g/mol. The lowest BCUT2D eigenvalue weighted by Gasteiger charge is -2.23. The molecule has 0 saturated heterocycles. The number of thiazole rings is 1. The van der Waals surface area contributed by atoms with E-state index in [0.717, 1.165) is 16.9 Å². The van der Waals surface area contributed by atoms with Gasteiger partial charge in [-0.2, -0.15) is 0 Å². The number of hydrogen-bond donors (Lipinski definition) is 1. The quantitative estimate of drug-likeness (QED) is 0.450. The number of hydrogen-bond acceptors (Lipinski definition) is 7. The van der Waals surface area contributed by atoms with Crippen LogP contribution in [0.3, 0.4) is 0 Å². The molecule has 1 amide bonds. The van der Waals surface area contributed by atoms with Crippen LogP contribution in [0.1, 0.15) is 39.5 Å². The van der Waals surface area contributed by atoms with Gasteiger partial charge in [0.25, 0.3) is 5.91 Å². The van der Waals surface area contributed by atoms with E-state index in [1.165, 1.54) is 24.1 Å². The Hall–Kier alpha value is -3.91. The number of Topliss-reactive ketones (excluding diaryl/α,β-unsaturated/α-hetero) is 1. The lowest BCUT2D eigenvalue weighted by atomic mass is 9.97. The van der Waals surface area contributed by atoms with Gasteiger partial charge >= 0.3 is 0 Å². The summed E-state index contributed by atoms with van der Waals surface area (Å²) in [6.45, 7) is 3.10. The number of aryl methyl sites for hydroxylation is 1. The van der Waals surface area contributed by atoms with Crippen molar-refractivity contribution in [2.75, 3.05) is 4.90 Å². The number of allylic oxidation sites excluding steroid dienone is 1. The molecule has 0 saturated carbocycles. The van der Waals surface area contributed by atoms with Gasteiger partial charge in [0, 0.05) is 19.3 Å². The second-order valence-corrected chi connectivity index (χ2v) is 8.18. The lowest BCUT2D eigenvalue weighted by Crippen LogP contribution is -2.30. The molecule has 0 bridgehead atoms. The molecule has 3 aromatic rings. The minimum Gasteiger partial charge on any atom is -0.503 e. The molecule has 1 N–H and O–H groups in total. The van der Waals surface area contributed by atoms with Gasteiger partial charge in [0.15, 0.2) is 22.5 Å². The molecule has 4 rings (SSSR count). The van der Waals surface area contributed by atoms with Gasteiger partial charge in [0.2, 0.25) is 0 Å². The number of amides is 1. The molecule has 0 fully saturated rings. The zero-order valence-electron chi connectivity index (χ0n) is 17.4. The Balaban J connectivity index is 1.79. The van der Waals surface area contributed by atoms with E-state index in [2.05, 4.69) is 9.97 Å². The Kier molecular flexibility index (Phi) is 5.79. The molecular formula is C24H19N3O4S. The largest absolute Gasteiger partial charge is 0.503 e. The molecular weight excluding hydrogens is 426 g/mol. The van der Waals surface area contributed by atoms with E-state index < -0.39 is 23.5 Å². The minimum atomic E-state index is -0.922. The molecule has 0 aliphatic carbocycles. The number of aromatic nitrogens is 2. The second kappa shape index (κ2) is 8.68. The summed E-state index contributed by atoms with van der Waals surface area (Å²) >= 11 is 1.05. The normalized spacial score (nSPS) is 16.2. The average Bonchev–Trinajstić information content (AvgIpc) is 3.31. The van der Waals surface area contributed by atoms with Crippen molar-refractivity contribution < 1.29 is 19.5 Å². The third-order valence-electron chi connectivity index (χ3n) is 5.01. The molecule has 3 heterocycles. The van der Waals surface area contributed by atoms with Gasteiger partial charge in [-0.05, 0) is 30.2 Å². The molecule has 32 heavy (non-hydrogen) atoms. The second-order valence-electron chi connectivity index (χ2n) is 7.20. The molecule has 160 valence electrons. The first-order valence-corrected chi connectivity index (χ1v) is 10.6. The van der Waals surface area contributed by atoms with Gasteiger partial charge < -0.3 is 5.11 Å². The highest BCUT2D eigenvalue weighted by Crippen LogP contribution is 2.42. The SMILES string of the molecule is CC(=O)c1sc(N2C(=O)C(O)=C(C(=O)/C=C/c3ccccc3)C2c2cccnc2)nc1C. The maximum absolute atomic E-state index is 13.1. The topological polar surface area (TPSA) is 100 Å². The molecule has 7 nitrogen and oxygen atoms in total. The summed E-state index contributed by atoms with van der Waals surface area (Å²) < 4.78 is 0. The number of aliphatic hydroxyl groups excluding tert-OH is 1. The molecule has 0 spiro atoms. The standard InChI is InChI=1S/C24H19N3O4S/c1-14-22(15(2)28)32-24(26-14)27-20(17-9-6-12-25-13-17)19(21(30)23(27)31)18(29)11-10-16-7-4-3-5-8-16/h3-13,20,30H,1-2H3/b11-10+. The Morgan fingerprint density at radius 3 is 2.53 bits per heavy atom. The van der Waals surface area contributed by atoms with Crippen LogP contribution >= 0.6 is 11.3 Å². The Bertz CT molecular complexity index is 1260. The Morgan fingerprint density at radius 1 is 1.16 bits per heavy atom. The van der Waals surface area contributed by atoms with Crippen molar-refractivity contribution >= 4 is 40.0 Å². The van der Waals surface area contributed by atoms with Crippen LogP contribution in [-0.2, 0) is 9.59 Å². The summed E-state index contributed by atoms with van der Waals surface area (Å²) in [5, 5.41) is 10.9. The number of rotatable bonds is 6. The van der Waals surface area contributed by atoms with Gasteiger partial charge in [-0.1, -0.05) is 53.8 Å². The maximum atomic E-state index is 13.1. The number of carbonyl (C=O) groups is 3. The van der Waals surface area contributed by atoms with Gasteiger partial charge in [-0.25, -0.2) is 4.98 Å². The van der Waals surface area contributed by atoms with Crippen molar-refractivity contribution in [3.63, 3.8) is 0 Å². The van der Waals surface area contributed by atoms with E-state index >= 15 is 0 Å². The van der Waals surface area contributed by atoms with E-state index in [-0.39, 0.29) is 16.5 Å². The molecule has 1 aliphatic rings. The predicted octanol–water partition coefficient (Wildman–Crippen LogP) is 4.23. The predicted molar refractivity (Wildman–Crippen MR) is 121 cm³/mol. The van der Waals surface area contributed by atoms with E-state index in [9.17, 15) is 19.5 Å². The van der Waals surface area contributed by atoms with Crippen molar-refractivity contribution in [3.05, 3.63) is 94.0 Å². The van der Waals surface area contributed by atoms with Crippen LogP contribution in [0.2, 0.25) is 0 Å². The smallest absolute Gasteiger partial charge is 0.296 e. The van der Waals surface area contributed by atoms with E-state index in [1.807, 2.05) is 30.3 Å². The summed E-state index contributed by atoms with van der Waals surface area (Å²) in [6, 6.07) is 11.7. The van der Waals surface area contributed by atoms with Crippen LogP contribution in [-0.4, -0.2) is 32.5 Å². The van der Waals surface area contributed by atoms with Crippen molar-refractivity contribution in [1.29, 1.82) is 0 Å². The number of aliphatic hydroxyl groups is 1. The van der Waals surface area contributed by atoms with Crippen LogP contribution in [0.25, 0.3) is 6.08 Å². The number of anilines is 1. The lowest BCUT2D eigenvalue weighted by molar-refractivity contribution is -0.117. The number of pyridine rings is 1. The summed E-state index contributed by atoms with van der Waals surface area (Å²) in [4.78, 5) is 48.3. The molecule has 8 heteroatoms. The molecule has 1 unspecified atom stereocenters. The first-order chi connectivity index (χ1) is 15.4. The van der Waals surface area contributed by atoms with Crippen LogP contribution in [0.4, 0.5) is 5.13 Å². The highest BCUT2D eigenvalue weighted by molar-refractivity contribution is 7.17. The van der Waals surface area contributed by atoms with Gasteiger partial charge in [-0.3, -0.25) is 24.3 Å². The third kappa shape index (κ3) is 3.88. The molecule has 1 aliphatic heterocycles. The summed E-state index contributed by atoms with van der Waals surface area (Å²) in [7, 11) is 0. The van der Waals surface area contributed by atoms with Crippen LogP contribution in [0, 0.1) is 6.92 Å². The molecule has 2 aromatic heterocycles. The number of nitrogens with zero attached hydrogens (tertiary/aromatic N) is 3. The monoisotopic (exact) mass is 445 g/mol. The minimum absolute atomic E-state index is 0.0626. The van der Waals surface area contributed by atoms with Gasteiger partial charge in [0.1, 0.15) is 0 Å². The summed E-state index contributed by atoms with van der Waals surface area (Å²) in [6.07, 6.45) is 6.06. The number of ketones is 2. The molecule has 1 atom stereocenters. The third-order valence-corrected chi connectivity index (χ3v) is 6.27. The number of benzene rings is 1. The fourth-order valence-electron chi connectivity index (χ4n) is 3.55. The first kappa shape index (κ1) is 21.3. The highest BCUT2D eigenvalue weighted by Gasteiger charge is 2.45. The van der Waals surface area contributed by atoms with Crippen LogP contribution < -0.4 is 4.90 Å². The van der Waals surface area contributed by atoms with Gasteiger partial charge in [-0.15, -0.1) is 0 Å². The Labute approximate surface area is 188 Å². The van der Waals surface area contributed by atoms with E-state index in [0.29, 0.717) is 16.1 Å². The van der Waals surface area contributed by atoms with E-state index in [1.54, 1.807) is 31.3 Å². The van der Waals surface area contributed by atoms with Gasteiger partial charge in [0.05, 0.1) is 22.2 Å². The number of carbonyl (C=O) groups excluding carboxylic acids is 3. The van der Waals surface area contributed by atoms with Crippen molar-refractivity contribution in [1.82, 2.24) is 9.97 Å². The fraction of sp³-hybridized carbons (Fsp3) is 0.125. The molecule has 1 aromatic carbocycles. The molecule has 0 radical (unpaired) electrons. The van der Waals surface area contributed by atoms with Crippen molar-refractivity contribution in [2.24, 2.45) is 0 Å².